The molecule has 0 radical (unpaired) electrons. The summed E-state index contributed by atoms with van der Waals surface area (Å²) in [5.74, 6) is 0.923. The second-order valence-corrected chi connectivity index (χ2v) is 6.99. The van der Waals surface area contributed by atoms with E-state index in [4.69, 9.17) is 10.2 Å². The van der Waals surface area contributed by atoms with Crippen molar-refractivity contribution in [2.45, 2.75) is 31.7 Å². The fourth-order valence-electron chi connectivity index (χ4n) is 2.53. The van der Waals surface area contributed by atoms with E-state index < -0.39 is 10.0 Å². The predicted molar refractivity (Wildman–Crippen MR) is 76.8 cm³/mol. The summed E-state index contributed by atoms with van der Waals surface area (Å²) in [4.78, 5) is 2.54. The van der Waals surface area contributed by atoms with Crippen LogP contribution in [-0.2, 0) is 16.6 Å². The molecule has 0 aromatic carbocycles. The summed E-state index contributed by atoms with van der Waals surface area (Å²) in [6, 6.07) is 1.54. The zero-order chi connectivity index (χ0) is 14.8. The van der Waals surface area contributed by atoms with E-state index in [0.29, 0.717) is 24.6 Å². The van der Waals surface area contributed by atoms with Crippen molar-refractivity contribution in [2.24, 2.45) is 5.73 Å². The van der Waals surface area contributed by atoms with Crippen LogP contribution in [0.15, 0.2) is 15.4 Å². The monoisotopic (exact) mass is 301 g/mol. The Balaban J connectivity index is 2.13. The summed E-state index contributed by atoms with van der Waals surface area (Å²) in [5.41, 5.74) is 5.50. The average molecular weight is 301 g/mol. The summed E-state index contributed by atoms with van der Waals surface area (Å²) in [7, 11) is -3.46. The molecule has 1 aromatic rings. The topological polar surface area (TPSA) is 79.8 Å². The second-order valence-electron chi connectivity index (χ2n) is 5.08. The smallest absolute Gasteiger partial charge is 0.246 e. The fraction of sp³-hybridized carbons (Fsp3) is 0.692. The van der Waals surface area contributed by atoms with Crippen molar-refractivity contribution in [3.8, 4) is 0 Å². The highest BCUT2D eigenvalue weighted by Gasteiger charge is 2.31. The third-order valence-electron chi connectivity index (χ3n) is 3.61. The van der Waals surface area contributed by atoms with Crippen LogP contribution in [0.5, 0.6) is 0 Å². The molecule has 1 aliphatic heterocycles. The Hall–Kier alpha value is -0.890. The zero-order valence-corrected chi connectivity index (χ0v) is 12.9. The van der Waals surface area contributed by atoms with Gasteiger partial charge in [0.05, 0.1) is 6.54 Å². The number of aryl methyl sites for hydroxylation is 1. The molecule has 0 atom stereocenters. The van der Waals surface area contributed by atoms with Crippen LogP contribution in [0.4, 0.5) is 0 Å². The van der Waals surface area contributed by atoms with Crippen molar-refractivity contribution >= 4 is 10.0 Å². The first-order chi connectivity index (χ1) is 9.48. The quantitative estimate of drug-likeness (QED) is 0.868. The van der Waals surface area contributed by atoms with Crippen LogP contribution < -0.4 is 5.73 Å². The van der Waals surface area contributed by atoms with Gasteiger partial charge in [-0.2, -0.15) is 4.31 Å². The second kappa shape index (κ2) is 6.26. The van der Waals surface area contributed by atoms with Crippen LogP contribution in [0.1, 0.15) is 24.9 Å². The van der Waals surface area contributed by atoms with Crippen LogP contribution in [-0.4, -0.2) is 50.3 Å². The molecule has 20 heavy (non-hydrogen) atoms. The lowest BCUT2D eigenvalue weighted by Crippen LogP contribution is -2.48. The van der Waals surface area contributed by atoms with Gasteiger partial charge in [-0.15, -0.1) is 0 Å². The van der Waals surface area contributed by atoms with Gasteiger partial charge in [0.2, 0.25) is 10.0 Å². The standard InChI is InChI=1S/C13H23N3O3S/c1-3-4-15-5-7-16(8-6-15)20(17,18)13-9-12(10-14)19-11(13)2/h9H,3-8,10,14H2,1-2H3. The Morgan fingerprint density at radius 3 is 2.45 bits per heavy atom. The van der Waals surface area contributed by atoms with Crippen LogP contribution in [0, 0.1) is 6.92 Å². The number of sulfonamides is 1. The largest absolute Gasteiger partial charge is 0.464 e. The molecular weight excluding hydrogens is 278 g/mol. The maximum absolute atomic E-state index is 12.6. The maximum atomic E-state index is 12.6. The van der Waals surface area contributed by atoms with Gasteiger partial charge in [0.1, 0.15) is 16.4 Å². The molecule has 7 heteroatoms. The molecule has 1 aromatic heterocycles. The molecule has 0 aliphatic carbocycles. The average Bonchev–Trinajstić information content (AvgIpc) is 2.82. The number of hydrogen-bond donors (Lipinski definition) is 1. The van der Waals surface area contributed by atoms with Gasteiger partial charge in [0.15, 0.2) is 0 Å². The minimum Gasteiger partial charge on any atom is -0.464 e. The summed E-state index contributed by atoms with van der Waals surface area (Å²) in [6.07, 6.45) is 1.09. The third-order valence-corrected chi connectivity index (χ3v) is 5.62. The van der Waals surface area contributed by atoms with Crippen LogP contribution in [0.2, 0.25) is 0 Å². The molecule has 0 bridgehead atoms. The Morgan fingerprint density at radius 2 is 1.95 bits per heavy atom. The Bertz CT molecular complexity index is 545. The number of hydrogen-bond acceptors (Lipinski definition) is 5. The van der Waals surface area contributed by atoms with Gasteiger partial charge in [-0.3, -0.25) is 0 Å². The Kier molecular flexibility index (Phi) is 4.85. The fourth-order valence-corrected chi connectivity index (χ4v) is 4.14. The lowest BCUT2D eigenvalue weighted by atomic mass is 10.3. The number of piperazine rings is 1. The van der Waals surface area contributed by atoms with E-state index in [1.807, 2.05) is 0 Å². The van der Waals surface area contributed by atoms with E-state index >= 15 is 0 Å². The summed E-state index contributed by atoms with van der Waals surface area (Å²) in [5, 5.41) is 0. The first-order valence-electron chi connectivity index (χ1n) is 7.01. The third kappa shape index (κ3) is 3.06. The summed E-state index contributed by atoms with van der Waals surface area (Å²) < 4.78 is 32.1. The van der Waals surface area contributed by atoms with Gasteiger partial charge in [0.25, 0.3) is 0 Å². The predicted octanol–water partition coefficient (Wildman–Crippen LogP) is 0.763. The van der Waals surface area contributed by atoms with Gasteiger partial charge in [0, 0.05) is 32.2 Å². The molecule has 0 saturated carbocycles. The Morgan fingerprint density at radius 1 is 1.30 bits per heavy atom. The number of furan rings is 1. The minimum absolute atomic E-state index is 0.209. The van der Waals surface area contributed by atoms with Crippen LogP contribution >= 0.6 is 0 Å². The molecule has 1 saturated heterocycles. The molecule has 6 nitrogen and oxygen atoms in total. The molecule has 2 heterocycles. The number of nitrogens with two attached hydrogens (primary N) is 1. The highest BCUT2D eigenvalue weighted by atomic mass is 32.2. The van der Waals surface area contributed by atoms with Gasteiger partial charge < -0.3 is 15.1 Å². The maximum Gasteiger partial charge on any atom is 0.246 e. The van der Waals surface area contributed by atoms with Crippen molar-refractivity contribution in [2.75, 3.05) is 32.7 Å². The SMILES string of the molecule is CCCN1CCN(S(=O)(=O)c2cc(CN)oc2C)CC1. The van der Waals surface area contributed by atoms with Crippen molar-refractivity contribution in [1.82, 2.24) is 9.21 Å². The van der Waals surface area contributed by atoms with Crippen molar-refractivity contribution in [3.05, 3.63) is 17.6 Å². The lowest BCUT2D eigenvalue weighted by Gasteiger charge is -2.33. The normalized spacial score (nSPS) is 18.6. The highest BCUT2D eigenvalue weighted by Crippen LogP contribution is 2.24. The molecule has 0 amide bonds. The lowest BCUT2D eigenvalue weighted by molar-refractivity contribution is 0.188. The van der Waals surface area contributed by atoms with E-state index in [2.05, 4.69) is 11.8 Å². The van der Waals surface area contributed by atoms with E-state index in [9.17, 15) is 8.42 Å². The zero-order valence-electron chi connectivity index (χ0n) is 12.1. The van der Waals surface area contributed by atoms with Gasteiger partial charge in [-0.1, -0.05) is 6.92 Å². The van der Waals surface area contributed by atoms with E-state index in [1.54, 1.807) is 13.0 Å². The van der Waals surface area contributed by atoms with Crippen LogP contribution in [0.25, 0.3) is 0 Å². The van der Waals surface area contributed by atoms with Gasteiger partial charge in [-0.25, -0.2) is 8.42 Å². The number of rotatable bonds is 5. The molecular formula is C13H23N3O3S. The first kappa shape index (κ1) is 15.5. The molecule has 0 spiro atoms. The molecule has 114 valence electrons. The minimum atomic E-state index is -3.46. The summed E-state index contributed by atoms with van der Waals surface area (Å²) >= 11 is 0. The van der Waals surface area contributed by atoms with Crippen LogP contribution in [0.3, 0.4) is 0 Å². The molecule has 1 fully saturated rings. The van der Waals surface area contributed by atoms with E-state index in [0.717, 1.165) is 26.1 Å². The molecule has 2 rings (SSSR count). The number of nitrogens with zero attached hydrogens (tertiary/aromatic N) is 2. The van der Waals surface area contributed by atoms with Gasteiger partial charge in [-0.05, 0) is 19.9 Å². The van der Waals surface area contributed by atoms with Crippen molar-refractivity contribution < 1.29 is 12.8 Å². The molecule has 2 N–H and O–H groups in total. The van der Waals surface area contributed by atoms with Gasteiger partial charge >= 0.3 is 0 Å². The van der Waals surface area contributed by atoms with Crippen molar-refractivity contribution in [1.29, 1.82) is 0 Å². The van der Waals surface area contributed by atoms with E-state index in [1.165, 1.54) is 4.31 Å². The highest BCUT2D eigenvalue weighted by molar-refractivity contribution is 7.89. The summed E-state index contributed by atoms with van der Waals surface area (Å²) in [6.45, 7) is 7.67. The van der Waals surface area contributed by atoms with Crippen molar-refractivity contribution in [3.63, 3.8) is 0 Å². The Labute approximate surface area is 120 Å². The van der Waals surface area contributed by atoms with E-state index in [-0.39, 0.29) is 11.4 Å². The molecule has 0 unspecified atom stereocenters. The molecule has 1 aliphatic rings. The first-order valence-corrected chi connectivity index (χ1v) is 8.45.